The number of anilines is 1. The maximum absolute atomic E-state index is 14.3. The molecule has 20 heavy (non-hydrogen) atoms. The van der Waals surface area contributed by atoms with Gasteiger partial charge >= 0.3 is 0 Å². The number of nitrogens with zero attached hydrogens (tertiary/aromatic N) is 1. The predicted molar refractivity (Wildman–Crippen MR) is 83.9 cm³/mol. The molecule has 2 nitrogen and oxygen atoms in total. The van der Waals surface area contributed by atoms with E-state index in [1.807, 2.05) is 7.05 Å². The highest BCUT2D eigenvalue weighted by molar-refractivity contribution is 5.61. The lowest BCUT2D eigenvalue weighted by Crippen LogP contribution is -2.52. The van der Waals surface area contributed by atoms with Crippen LogP contribution in [0.15, 0.2) is 12.1 Å². The molecule has 112 valence electrons. The van der Waals surface area contributed by atoms with E-state index >= 15 is 0 Å². The molecule has 3 heteroatoms. The van der Waals surface area contributed by atoms with Gasteiger partial charge in [-0.25, -0.2) is 4.39 Å². The molecule has 0 unspecified atom stereocenters. The summed E-state index contributed by atoms with van der Waals surface area (Å²) in [6, 6.07) is 4.15. The second-order valence-corrected chi connectivity index (χ2v) is 6.91. The summed E-state index contributed by atoms with van der Waals surface area (Å²) in [6.07, 6.45) is 1.10. The van der Waals surface area contributed by atoms with Crippen LogP contribution in [0.4, 0.5) is 10.1 Å². The quantitative estimate of drug-likeness (QED) is 0.897. The summed E-state index contributed by atoms with van der Waals surface area (Å²) in [5.41, 5.74) is 3.18. The van der Waals surface area contributed by atoms with E-state index in [-0.39, 0.29) is 11.4 Å². The Kier molecular flexibility index (Phi) is 4.10. The van der Waals surface area contributed by atoms with Gasteiger partial charge in [0.15, 0.2) is 0 Å². The van der Waals surface area contributed by atoms with E-state index < -0.39 is 0 Å². The molecule has 1 heterocycles. The van der Waals surface area contributed by atoms with Gasteiger partial charge in [-0.05, 0) is 64.8 Å². The molecular weight excluding hydrogens is 251 g/mol. The zero-order valence-corrected chi connectivity index (χ0v) is 13.5. The third-order valence-corrected chi connectivity index (χ3v) is 4.33. The summed E-state index contributed by atoms with van der Waals surface area (Å²) in [4.78, 5) is 2.37. The SMILES string of the molecule is CNCc1cc2c(cc1F)N(C(C)C)C(C)(C)C[C@@H]2C. The molecule has 0 bridgehead atoms. The van der Waals surface area contributed by atoms with Gasteiger partial charge in [0, 0.05) is 29.4 Å². The molecule has 0 spiro atoms. The van der Waals surface area contributed by atoms with E-state index in [9.17, 15) is 4.39 Å². The Hall–Kier alpha value is -1.09. The van der Waals surface area contributed by atoms with Gasteiger partial charge in [0.05, 0.1) is 0 Å². The fourth-order valence-corrected chi connectivity index (χ4v) is 3.82. The molecule has 1 aliphatic heterocycles. The Labute approximate surface area is 122 Å². The van der Waals surface area contributed by atoms with Gasteiger partial charge in [-0.2, -0.15) is 0 Å². The first-order chi connectivity index (χ1) is 9.27. The summed E-state index contributed by atoms with van der Waals surface area (Å²) < 4.78 is 14.3. The van der Waals surface area contributed by atoms with Crippen molar-refractivity contribution in [1.29, 1.82) is 0 Å². The van der Waals surface area contributed by atoms with Crippen LogP contribution in [0, 0.1) is 5.82 Å². The lowest BCUT2D eigenvalue weighted by Gasteiger charge is -2.50. The van der Waals surface area contributed by atoms with Crippen molar-refractivity contribution in [1.82, 2.24) is 5.32 Å². The normalized spacial score (nSPS) is 21.2. The summed E-state index contributed by atoms with van der Waals surface area (Å²) in [5, 5.41) is 3.04. The Balaban J connectivity index is 2.57. The average Bonchev–Trinajstić information content (AvgIpc) is 2.29. The Morgan fingerprint density at radius 2 is 2.05 bits per heavy atom. The van der Waals surface area contributed by atoms with Crippen LogP contribution in [0.2, 0.25) is 0 Å². The van der Waals surface area contributed by atoms with Gasteiger partial charge in [-0.15, -0.1) is 0 Å². The number of hydrogen-bond donors (Lipinski definition) is 1. The molecule has 0 fully saturated rings. The monoisotopic (exact) mass is 278 g/mol. The van der Waals surface area contributed by atoms with Gasteiger partial charge in [0.1, 0.15) is 5.82 Å². The largest absolute Gasteiger partial charge is 0.364 e. The molecule has 0 saturated heterocycles. The molecule has 0 aliphatic carbocycles. The van der Waals surface area contributed by atoms with Gasteiger partial charge in [0.2, 0.25) is 0 Å². The van der Waals surface area contributed by atoms with E-state index in [2.05, 4.69) is 50.9 Å². The van der Waals surface area contributed by atoms with Crippen molar-refractivity contribution in [3.8, 4) is 0 Å². The highest BCUT2D eigenvalue weighted by Gasteiger charge is 2.38. The number of nitrogens with one attached hydrogen (secondary N) is 1. The Morgan fingerprint density at radius 1 is 1.40 bits per heavy atom. The van der Waals surface area contributed by atoms with Crippen LogP contribution >= 0.6 is 0 Å². The van der Waals surface area contributed by atoms with E-state index in [1.165, 1.54) is 5.56 Å². The van der Waals surface area contributed by atoms with Crippen LogP contribution in [0.5, 0.6) is 0 Å². The van der Waals surface area contributed by atoms with Gasteiger partial charge < -0.3 is 10.2 Å². The van der Waals surface area contributed by atoms with Crippen molar-refractivity contribution in [2.24, 2.45) is 0 Å². The Morgan fingerprint density at radius 3 is 2.60 bits per heavy atom. The standard InChI is InChI=1S/C17H27FN2/c1-11(2)20-16-8-15(18)13(10-19-6)7-14(16)12(3)9-17(20,4)5/h7-8,11-12,19H,9-10H2,1-6H3/t12-/m0/s1. The molecule has 0 radical (unpaired) electrons. The van der Waals surface area contributed by atoms with Crippen LogP contribution in [-0.2, 0) is 6.54 Å². The molecule has 1 N–H and O–H groups in total. The number of fused-ring (bicyclic) bond motifs is 1. The highest BCUT2D eigenvalue weighted by Crippen LogP contribution is 2.45. The molecule has 1 aliphatic rings. The van der Waals surface area contributed by atoms with E-state index in [0.29, 0.717) is 18.5 Å². The smallest absolute Gasteiger partial charge is 0.129 e. The maximum atomic E-state index is 14.3. The van der Waals surface area contributed by atoms with Crippen molar-refractivity contribution in [2.75, 3.05) is 11.9 Å². The summed E-state index contributed by atoms with van der Waals surface area (Å²) >= 11 is 0. The molecular formula is C17H27FN2. The fraction of sp³-hybridized carbons (Fsp3) is 0.647. The number of hydrogen-bond acceptors (Lipinski definition) is 2. The van der Waals surface area contributed by atoms with Crippen molar-refractivity contribution < 1.29 is 4.39 Å². The van der Waals surface area contributed by atoms with Crippen molar-refractivity contribution in [2.45, 2.75) is 65.1 Å². The highest BCUT2D eigenvalue weighted by atomic mass is 19.1. The average molecular weight is 278 g/mol. The molecule has 1 aromatic rings. The first-order valence-electron chi connectivity index (χ1n) is 7.54. The zero-order valence-electron chi connectivity index (χ0n) is 13.5. The van der Waals surface area contributed by atoms with Crippen LogP contribution in [0.1, 0.15) is 58.1 Å². The minimum absolute atomic E-state index is 0.0670. The van der Waals surface area contributed by atoms with E-state index in [1.54, 1.807) is 6.07 Å². The number of halogens is 1. The molecule has 2 rings (SSSR count). The van der Waals surface area contributed by atoms with Gasteiger partial charge in [0.25, 0.3) is 0 Å². The summed E-state index contributed by atoms with van der Waals surface area (Å²) in [5.74, 6) is 0.361. The predicted octanol–water partition coefficient (Wildman–Crippen LogP) is 4.05. The van der Waals surface area contributed by atoms with E-state index in [0.717, 1.165) is 17.7 Å². The number of benzene rings is 1. The molecule has 0 saturated carbocycles. The molecule has 1 aromatic carbocycles. The first kappa shape index (κ1) is 15.3. The third kappa shape index (κ3) is 2.56. The van der Waals surface area contributed by atoms with Crippen molar-refractivity contribution in [3.63, 3.8) is 0 Å². The second kappa shape index (κ2) is 5.36. The van der Waals surface area contributed by atoms with Gasteiger partial charge in [-0.3, -0.25) is 0 Å². The second-order valence-electron chi connectivity index (χ2n) is 6.91. The number of rotatable bonds is 3. The van der Waals surface area contributed by atoms with Crippen LogP contribution < -0.4 is 10.2 Å². The van der Waals surface area contributed by atoms with Crippen LogP contribution in [-0.4, -0.2) is 18.6 Å². The van der Waals surface area contributed by atoms with Crippen LogP contribution in [0.25, 0.3) is 0 Å². The molecule has 1 atom stereocenters. The van der Waals surface area contributed by atoms with Crippen LogP contribution in [0.3, 0.4) is 0 Å². The lowest BCUT2D eigenvalue weighted by molar-refractivity contribution is 0.355. The summed E-state index contributed by atoms with van der Waals surface area (Å²) in [7, 11) is 1.85. The minimum atomic E-state index is -0.103. The topological polar surface area (TPSA) is 15.3 Å². The van der Waals surface area contributed by atoms with Crippen molar-refractivity contribution in [3.05, 3.63) is 29.1 Å². The zero-order chi connectivity index (χ0) is 15.1. The molecule has 0 amide bonds. The maximum Gasteiger partial charge on any atom is 0.129 e. The van der Waals surface area contributed by atoms with E-state index in [4.69, 9.17) is 0 Å². The first-order valence-corrected chi connectivity index (χ1v) is 7.54. The lowest BCUT2D eigenvalue weighted by atomic mass is 9.78. The van der Waals surface area contributed by atoms with Gasteiger partial charge in [-0.1, -0.05) is 6.92 Å². The summed E-state index contributed by atoms with van der Waals surface area (Å²) in [6.45, 7) is 11.7. The fourth-order valence-electron chi connectivity index (χ4n) is 3.82. The van der Waals surface area contributed by atoms with Crippen molar-refractivity contribution >= 4 is 5.69 Å². The Bertz CT molecular complexity index is 494. The minimum Gasteiger partial charge on any atom is -0.364 e. The third-order valence-electron chi connectivity index (χ3n) is 4.33. The molecule has 0 aromatic heterocycles.